The zero-order valence-electron chi connectivity index (χ0n) is 9.80. The number of benzene rings is 1. The van der Waals surface area contributed by atoms with Crippen LogP contribution in [0.4, 0.5) is 5.69 Å². The molecule has 0 spiro atoms. The van der Waals surface area contributed by atoms with Crippen LogP contribution >= 0.6 is 11.6 Å². The standard InChI is InChI=1S/C10H13ClN4O3S/c11-8-4-1-6(10(12)13-16)5-9(8)15-19(17,18)14-7-2-3-7/h1,4-5,7,14-16H,2-3H2,(H2,12,13). The number of oxime groups is 1. The summed E-state index contributed by atoms with van der Waals surface area (Å²) in [6.07, 6.45) is 1.66. The smallest absolute Gasteiger partial charge is 0.299 e. The van der Waals surface area contributed by atoms with Gasteiger partial charge >= 0.3 is 0 Å². The molecule has 7 nitrogen and oxygen atoms in total. The minimum Gasteiger partial charge on any atom is -0.409 e. The second-order valence-corrected chi connectivity index (χ2v) is 6.03. The van der Waals surface area contributed by atoms with E-state index in [1.54, 1.807) is 0 Å². The lowest BCUT2D eigenvalue weighted by Gasteiger charge is -2.11. The molecule has 0 atom stereocenters. The average Bonchev–Trinajstić information content (AvgIpc) is 3.13. The fourth-order valence-corrected chi connectivity index (χ4v) is 2.83. The molecule has 0 unspecified atom stereocenters. The van der Waals surface area contributed by atoms with Crippen molar-refractivity contribution in [1.29, 1.82) is 0 Å². The summed E-state index contributed by atoms with van der Waals surface area (Å²) in [5.74, 6) is -0.132. The highest BCUT2D eigenvalue weighted by molar-refractivity contribution is 7.90. The van der Waals surface area contributed by atoms with Gasteiger partial charge in [0.15, 0.2) is 5.84 Å². The molecule has 0 amide bonds. The maximum Gasteiger partial charge on any atom is 0.299 e. The Balaban J connectivity index is 2.23. The summed E-state index contributed by atoms with van der Waals surface area (Å²) in [4.78, 5) is 0. The molecule has 0 saturated heterocycles. The topological polar surface area (TPSA) is 117 Å². The van der Waals surface area contributed by atoms with E-state index < -0.39 is 10.2 Å². The molecule has 5 N–H and O–H groups in total. The molecule has 1 aliphatic rings. The van der Waals surface area contributed by atoms with Crippen molar-refractivity contribution in [3.8, 4) is 0 Å². The van der Waals surface area contributed by atoms with Crippen molar-refractivity contribution in [2.45, 2.75) is 18.9 Å². The van der Waals surface area contributed by atoms with Crippen LogP contribution in [-0.2, 0) is 10.2 Å². The number of anilines is 1. The lowest BCUT2D eigenvalue weighted by Crippen LogP contribution is -2.32. The highest BCUT2D eigenvalue weighted by Crippen LogP contribution is 2.25. The van der Waals surface area contributed by atoms with Crippen molar-refractivity contribution in [1.82, 2.24) is 4.72 Å². The molecule has 9 heteroatoms. The molecular formula is C10H13ClN4O3S. The van der Waals surface area contributed by atoms with Gasteiger partial charge in [0, 0.05) is 11.6 Å². The number of nitrogens with two attached hydrogens (primary N) is 1. The molecule has 1 fully saturated rings. The van der Waals surface area contributed by atoms with Crippen molar-refractivity contribution in [2.24, 2.45) is 10.9 Å². The van der Waals surface area contributed by atoms with E-state index >= 15 is 0 Å². The average molecular weight is 305 g/mol. The highest BCUT2D eigenvalue weighted by atomic mass is 35.5. The highest BCUT2D eigenvalue weighted by Gasteiger charge is 2.27. The van der Waals surface area contributed by atoms with Gasteiger partial charge in [-0.2, -0.15) is 13.1 Å². The number of nitrogens with zero attached hydrogens (tertiary/aromatic N) is 1. The Morgan fingerprint density at radius 2 is 2.16 bits per heavy atom. The summed E-state index contributed by atoms with van der Waals surface area (Å²) in [5.41, 5.74) is 5.95. The van der Waals surface area contributed by atoms with Crippen LogP contribution in [0, 0.1) is 0 Å². The van der Waals surface area contributed by atoms with E-state index in [1.165, 1.54) is 18.2 Å². The minimum atomic E-state index is -3.67. The number of nitrogens with one attached hydrogen (secondary N) is 2. The van der Waals surface area contributed by atoms with Gasteiger partial charge in [-0.1, -0.05) is 16.8 Å². The number of halogens is 1. The number of hydrogen-bond acceptors (Lipinski definition) is 4. The third kappa shape index (κ3) is 3.72. The van der Waals surface area contributed by atoms with Crippen molar-refractivity contribution in [3.63, 3.8) is 0 Å². The van der Waals surface area contributed by atoms with Crippen LogP contribution in [0.3, 0.4) is 0 Å². The molecule has 1 aromatic rings. The molecule has 0 aromatic heterocycles. The van der Waals surface area contributed by atoms with Crippen molar-refractivity contribution in [3.05, 3.63) is 28.8 Å². The number of amidine groups is 1. The Labute approximate surface area is 115 Å². The van der Waals surface area contributed by atoms with Gasteiger partial charge in [-0.25, -0.2) is 0 Å². The molecule has 19 heavy (non-hydrogen) atoms. The molecule has 1 aromatic carbocycles. The van der Waals surface area contributed by atoms with Crippen LogP contribution in [-0.4, -0.2) is 25.5 Å². The largest absolute Gasteiger partial charge is 0.409 e. The van der Waals surface area contributed by atoms with E-state index in [-0.39, 0.29) is 22.6 Å². The maximum atomic E-state index is 11.8. The van der Waals surface area contributed by atoms with Crippen LogP contribution < -0.4 is 15.2 Å². The quantitative estimate of drug-likeness (QED) is 0.279. The first kappa shape index (κ1) is 13.9. The first-order chi connectivity index (χ1) is 8.91. The normalized spacial score (nSPS) is 16.4. The van der Waals surface area contributed by atoms with Crippen LogP contribution in [0.15, 0.2) is 23.4 Å². The number of hydrogen-bond donors (Lipinski definition) is 4. The predicted molar refractivity (Wildman–Crippen MR) is 72.7 cm³/mol. The molecule has 1 saturated carbocycles. The molecular weight excluding hydrogens is 292 g/mol. The van der Waals surface area contributed by atoms with Crippen LogP contribution in [0.5, 0.6) is 0 Å². The van der Waals surface area contributed by atoms with E-state index in [4.69, 9.17) is 22.5 Å². The summed E-state index contributed by atoms with van der Waals surface area (Å²) in [7, 11) is -3.67. The molecule has 1 aliphatic carbocycles. The fourth-order valence-electron chi connectivity index (χ4n) is 1.42. The molecule has 0 aliphatic heterocycles. The first-order valence-corrected chi connectivity index (χ1v) is 7.35. The van der Waals surface area contributed by atoms with Gasteiger partial charge in [0.05, 0.1) is 10.7 Å². The van der Waals surface area contributed by atoms with Crippen LogP contribution in [0.2, 0.25) is 5.02 Å². The second kappa shape index (κ2) is 5.24. The molecule has 0 radical (unpaired) electrons. The second-order valence-electron chi connectivity index (χ2n) is 4.18. The Morgan fingerprint density at radius 1 is 1.47 bits per heavy atom. The number of rotatable bonds is 5. The SMILES string of the molecule is N/C(=N/O)c1ccc(Cl)c(NS(=O)(=O)NC2CC2)c1. The zero-order chi connectivity index (χ0) is 14.0. The van der Waals surface area contributed by atoms with Gasteiger partial charge < -0.3 is 10.9 Å². The van der Waals surface area contributed by atoms with E-state index in [0.717, 1.165) is 12.8 Å². The third-order valence-electron chi connectivity index (χ3n) is 2.51. The Bertz CT molecular complexity index is 613. The summed E-state index contributed by atoms with van der Waals surface area (Å²) in [6, 6.07) is 4.36. The molecule has 2 rings (SSSR count). The van der Waals surface area contributed by atoms with Gasteiger partial charge in [-0.05, 0) is 31.0 Å². The lowest BCUT2D eigenvalue weighted by molar-refractivity contribution is 0.318. The van der Waals surface area contributed by atoms with E-state index in [9.17, 15) is 8.42 Å². The summed E-state index contributed by atoms with van der Waals surface area (Å²) in [5, 5.41) is 11.6. The monoisotopic (exact) mass is 304 g/mol. The molecule has 0 heterocycles. The summed E-state index contributed by atoms with van der Waals surface area (Å²) < 4.78 is 28.3. The molecule has 104 valence electrons. The summed E-state index contributed by atoms with van der Waals surface area (Å²) in [6.45, 7) is 0. The minimum absolute atomic E-state index is 0.0106. The van der Waals surface area contributed by atoms with Crippen molar-refractivity contribution < 1.29 is 13.6 Å². The Kier molecular flexibility index (Phi) is 3.83. The summed E-state index contributed by atoms with van der Waals surface area (Å²) >= 11 is 5.90. The molecule has 0 bridgehead atoms. The van der Waals surface area contributed by atoms with Gasteiger partial charge in [-0.15, -0.1) is 0 Å². The van der Waals surface area contributed by atoms with Crippen molar-refractivity contribution >= 4 is 33.3 Å². The maximum absolute atomic E-state index is 11.8. The zero-order valence-corrected chi connectivity index (χ0v) is 11.4. The fraction of sp³-hybridized carbons (Fsp3) is 0.300. The third-order valence-corrected chi connectivity index (χ3v) is 3.98. The lowest BCUT2D eigenvalue weighted by atomic mass is 10.2. The Hall–Kier alpha value is -1.51. The van der Waals surface area contributed by atoms with Gasteiger partial charge in [0.25, 0.3) is 10.2 Å². The van der Waals surface area contributed by atoms with E-state index in [1.807, 2.05) is 0 Å². The van der Waals surface area contributed by atoms with Gasteiger partial charge in [0.1, 0.15) is 0 Å². The Morgan fingerprint density at radius 3 is 2.74 bits per heavy atom. The van der Waals surface area contributed by atoms with Gasteiger partial charge in [-0.3, -0.25) is 4.72 Å². The predicted octanol–water partition coefficient (Wildman–Crippen LogP) is 0.843. The van der Waals surface area contributed by atoms with Crippen molar-refractivity contribution in [2.75, 3.05) is 4.72 Å². The van der Waals surface area contributed by atoms with E-state index in [0.29, 0.717) is 5.56 Å². The van der Waals surface area contributed by atoms with E-state index in [2.05, 4.69) is 14.6 Å². The van der Waals surface area contributed by atoms with Crippen LogP contribution in [0.1, 0.15) is 18.4 Å². The first-order valence-electron chi connectivity index (χ1n) is 5.49. The van der Waals surface area contributed by atoms with Gasteiger partial charge in [0.2, 0.25) is 0 Å². The van der Waals surface area contributed by atoms with Crippen LogP contribution in [0.25, 0.3) is 0 Å².